The molecule has 0 aliphatic carbocycles. The summed E-state index contributed by atoms with van der Waals surface area (Å²) in [5, 5.41) is 7.40. The Kier molecular flexibility index (Phi) is 6.88. The van der Waals surface area contributed by atoms with Crippen LogP contribution in [0.2, 0.25) is 0 Å². The number of hydrogen-bond acceptors (Lipinski definition) is 6. The van der Waals surface area contributed by atoms with Gasteiger partial charge in [0.15, 0.2) is 0 Å². The van der Waals surface area contributed by atoms with E-state index in [2.05, 4.69) is 21.8 Å². The molecule has 1 heterocycles. The van der Waals surface area contributed by atoms with Crippen molar-refractivity contribution in [2.24, 2.45) is 0 Å². The van der Waals surface area contributed by atoms with Crippen LogP contribution in [0.3, 0.4) is 0 Å². The Labute approximate surface area is 119 Å². The van der Waals surface area contributed by atoms with E-state index in [-0.39, 0.29) is 17.5 Å². The van der Waals surface area contributed by atoms with E-state index in [1.165, 1.54) is 11.5 Å². The summed E-state index contributed by atoms with van der Waals surface area (Å²) in [5.41, 5.74) is 1.05. The summed E-state index contributed by atoms with van der Waals surface area (Å²) in [6.45, 7) is 3.81. The lowest BCUT2D eigenvalue weighted by molar-refractivity contribution is 0.537. The van der Waals surface area contributed by atoms with Crippen molar-refractivity contribution in [3.63, 3.8) is 0 Å². The van der Waals surface area contributed by atoms with Crippen molar-refractivity contribution in [2.45, 2.75) is 45.6 Å². The molecule has 110 valence electrons. The highest BCUT2D eigenvalue weighted by Gasteiger charge is 2.18. The summed E-state index contributed by atoms with van der Waals surface area (Å²) in [6.07, 6.45) is 3.44. The van der Waals surface area contributed by atoms with Crippen LogP contribution in [0.15, 0.2) is 0 Å². The number of aryl methyl sites for hydroxylation is 1. The number of nitrogens with zero attached hydrogens (tertiary/aromatic N) is 2. The van der Waals surface area contributed by atoms with E-state index in [1.807, 2.05) is 7.05 Å². The highest BCUT2D eigenvalue weighted by Crippen LogP contribution is 2.25. The van der Waals surface area contributed by atoms with Crippen LogP contribution in [0.1, 0.15) is 49.7 Å². The van der Waals surface area contributed by atoms with Gasteiger partial charge in [-0.3, -0.25) is 0 Å². The van der Waals surface area contributed by atoms with E-state index in [9.17, 15) is 8.42 Å². The first kappa shape index (κ1) is 16.5. The largest absolute Gasteiger partial charge is 0.312 e. The Hall–Kier alpha value is -0.530. The van der Waals surface area contributed by atoms with Crippen LogP contribution in [0.5, 0.6) is 0 Å². The van der Waals surface area contributed by atoms with Gasteiger partial charge in [-0.2, -0.15) is 0 Å². The van der Waals surface area contributed by atoms with Crippen molar-refractivity contribution in [2.75, 3.05) is 18.6 Å². The Bertz CT molecular complexity index is 471. The second-order valence-electron chi connectivity index (χ2n) is 4.55. The van der Waals surface area contributed by atoms with E-state index in [1.54, 1.807) is 6.92 Å². The summed E-state index contributed by atoms with van der Waals surface area (Å²) >= 11 is 1.41. The van der Waals surface area contributed by atoms with Gasteiger partial charge in [-0.05, 0) is 37.8 Å². The minimum absolute atomic E-state index is 0.161. The molecule has 0 fully saturated rings. The Morgan fingerprint density at radius 1 is 1.37 bits per heavy atom. The molecule has 1 unspecified atom stereocenters. The van der Waals surface area contributed by atoms with Gasteiger partial charge in [0.1, 0.15) is 9.84 Å². The molecule has 1 atom stereocenters. The normalized spacial score (nSPS) is 13.6. The van der Waals surface area contributed by atoms with E-state index >= 15 is 0 Å². The topological polar surface area (TPSA) is 72.0 Å². The molecule has 0 aliphatic rings. The van der Waals surface area contributed by atoms with Gasteiger partial charge in [0.05, 0.1) is 16.3 Å². The molecule has 0 amide bonds. The first-order valence-electron chi connectivity index (χ1n) is 6.72. The number of sulfone groups is 1. The van der Waals surface area contributed by atoms with Gasteiger partial charge >= 0.3 is 0 Å². The van der Waals surface area contributed by atoms with E-state index < -0.39 is 9.84 Å². The minimum atomic E-state index is -2.87. The van der Waals surface area contributed by atoms with Gasteiger partial charge in [-0.15, -0.1) is 5.10 Å². The minimum Gasteiger partial charge on any atom is -0.312 e. The molecule has 0 aliphatic heterocycles. The second kappa shape index (κ2) is 7.91. The summed E-state index contributed by atoms with van der Waals surface area (Å²) in [7, 11) is -0.971. The van der Waals surface area contributed by atoms with Gasteiger partial charge in [0, 0.05) is 11.8 Å². The molecule has 0 spiro atoms. The smallest absolute Gasteiger partial charge is 0.150 e. The van der Waals surface area contributed by atoms with Crippen LogP contribution in [0, 0.1) is 0 Å². The van der Waals surface area contributed by atoms with Gasteiger partial charge in [-0.1, -0.05) is 24.8 Å². The fourth-order valence-corrected chi connectivity index (χ4v) is 3.68. The Morgan fingerprint density at radius 2 is 2.11 bits per heavy atom. The molecule has 1 rings (SSSR count). The predicted molar refractivity (Wildman–Crippen MR) is 79.3 cm³/mol. The first-order valence-corrected chi connectivity index (χ1v) is 9.32. The third-order valence-electron chi connectivity index (χ3n) is 3.12. The zero-order valence-electron chi connectivity index (χ0n) is 11.8. The maximum Gasteiger partial charge on any atom is 0.150 e. The zero-order chi connectivity index (χ0) is 14.3. The maximum atomic E-state index is 11.5. The second-order valence-corrected chi connectivity index (χ2v) is 7.81. The third-order valence-corrected chi connectivity index (χ3v) is 5.80. The van der Waals surface area contributed by atoms with E-state index in [0.717, 1.165) is 29.8 Å². The van der Waals surface area contributed by atoms with Crippen molar-refractivity contribution < 1.29 is 8.42 Å². The molecule has 0 aromatic carbocycles. The molecule has 0 bridgehead atoms. The lowest BCUT2D eigenvalue weighted by Gasteiger charge is -2.15. The van der Waals surface area contributed by atoms with Crippen LogP contribution >= 0.6 is 11.5 Å². The van der Waals surface area contributed by atoms with Crippen molar-refractivity contribution >= 4 is 21.4 Å². The van der Waals surface area contributed by atoms with Crippen LogP contribution in [0.4, 0.5) is 0 Å². The SMILES string of the molecule is CCCc1nnsc1C(CCCS(=O)(=O)CC)NC. The molecule has 0 saturated carbocycles. The summed E-state index contributed by atoms with van der Waals surface area (Å²) in [6, 6.07) is 0.161. The molecule has 0 radical (unpaired) electrons. The summed E-state index contributed by atoms with van der Waals surface area (Å²) in [4.78, 5) is 1.15. The lowest BCUT2D eigenvalue weighted by Crippen LogP contribution is -2.18. The average Bonchev–Trinajstić information content (AvgIpc) is 2.83. The molecular formula is C12H23N3O2S2. The van der Waals surface area contributed by atoms with Crippen LogP contribution in [0.25, 0.3) is 0 Å². The summed E-state index contributed by atoms with van der Waals surface area (Å²) in [5.74, 6) is 0.484. The average molecular weight is 305 g/mol. The standard InChI is InChI=1S/C12H23N3O2S2/c1-4-7-11-12(18-15-14-11)10(13-3)8-6-9-19(16,17)5-2/h10,13H,4-9H2,1-3H3. The Morgan fingerprint density at radius 3 is 2.68 bits per heavy atom. The lowest BCUT2D eigenvalue weighted by atomic mass is 10.1. The number of hydrogen-bond donors (Lipinski definition) is 1. The van der Waals surface area contributed by atoms with Gasteiger partial charge < -0.3 is 5.32 Å². The molecule has 1 N–H and O–H groups in total. The van der Waals surface area contributed by atoms with Crippen molar-refractivity contribution in [1.29, 1.82) is 0 Å². The fraction of sp³-hybridized carbons (Fsp3) is 0.833. The predicted octanol–water partition coefficient (Wildman–Crippen LogP) is 1.97. The Balaban J connectivity index is 2.60. The van der Waals surface area contributed by atoms with Crippen LogP contribution < -0.4 is 5.32 Å². The van der Waals surface area contributed by atoms with E-state index in [4.69, 9.17) is 0 Å². The quantitative estimate of drug-likeness (QED) is 0.755. The zero-order valence-corrected chi connectivity index (χ0v) is 13.5. The van der Waals surface area contributed by atoms with Crippen molar-refractivity contribution in [3.8, 4) is 0 Å². The maximum absolute atomic E-state index is 11.5. The van der Waals surface area contributed by atoms with Gasteiger partial charge in [0.2, 0.25) is 0 Å². The molecule has 0 saturated heterocycles. The molecule has 1 aromatic rings. The van der Waals surface area contributed by atoms with Gasteiger partial charge in [0.25, 0.3) is 0 Å². The number of aromatic nitrogens is 2. The molecule has 5 nitrogen and oxygen atoms in total. The van der Waals surface area contributed by atoms with Crippen LogP contribution in [-0.2, 0) is 16.3 Å². The highest BCUT2D eigenvalue weighted by atomic mass is 32.2. The first-order chi connectivity index (χ1) is 9.04. The molecular weight excluding hydrogens is 282 g/mol. The number of rotatable bonds is 9. The van der Waals surface area contributed by atoms with Crippen molar-refractivity contribution in [3.05, 3.63) is 10.6 Å². The van der Waals surface area contributed by atoms with Crippen LogP contribution in [-0.4, -0.2) is 36.6 Å². The molecule has 1 aromatic heterocycles. The van der Waals surface area contributed by atoms with E-state index in [0.29, 0.717) is 6.42 Å². The molecule has 7 heteroatoms. The highest BCUT2D eigenvalue weighted by molar-refractivity contribution is 7.91. The number of nitrogens with one attached hydrogen (secondary N) is 1. The third kappa shape index (κ3) is 5.16. The molecule has 19 heavy (non-hydrogen) atoms. The monoisotopic (exact) mass is 305 g/mol. The van der Waals surface area contributed by atoms with Crippen molar-refractivity contribution in [1.82, 2.24) is 14.9 Å². The fourth-order valence-electron chi connectivity index (χ4n) is 1.95. The summed E-state index contributed by atoms with van der Waals surface area (Å²) < 4.78 is 27.0. The van der Waals surface area contributed by atoms with Gasteiger partial charge in [-0.25, -0.2) is 8.42 Å².